The summed E-state index contributed by atoms with van der Waals surface area (Å²) in [6.07, 6.45) is 0. The monoisotopic (exact) mass is 365 g/mol. The SMILES string of the molecule is COC(=O)C1=C(N)Oc2[nH]c(=S)[nH]c(=O)c2C1c1cccc(Cl)c1. The lowest BCUT2D eigenvalue weighted by Gasteiger charge is -2.26. The molecule has 0 bridgehead atoms. The first-order valence-corrected chi connectivity index (χ1v) is 7.58. The van der Waals surface area contributed by atoms with Gasteiger partial charge in [0.05, 0.1) is 18.6 Å². The van der Waals surface area contributed by atoms with Crippen LogP contribution in [0.4, 0.5) is 0 Å². The Balaban J connectivity index is 2.34. The normalized spacial score (nSPS) is 16.3. The van der Waals surface area contributed by atoms with E-state index in [9.17, 15) is 9.59 Å². The number of benzene rings is 1. The van der Waals surface area contributed by atoms with Gasteiger partial charge in [0.25, 0.3) is 5.56 Å². The molecule has 1 unspecified atom stereocenters. The van der Waals surface area contributed by atoms with E-state index >= 15 is 0 Å². The van der Waals surface area contributed by atoms with Crippen molar-refractivity contribution in [3.05, 3.63) is 67.0 Å². The van der Waals surface area contributed by atoms with E-state index in [2.05, 4.69) is 9.97 Å². The van der Waals surface area contributed by atoms with Gasteiger partial charge in [-0.1, -0.05) is 23.7 Å². The second-order valence-electron chi connectivity index (χ2n) is 5.01. The van der Waals surface area contributed by atoms with Crippen molar-refractivity contribution in [2.24, 2.45) is 5.73 Å². The van der Waals surface area contributed by atoms with Crippen molar-refractivity contribution in [2.45, 2.75) is 5.92 Å². The van der Waals surface area contributed by atoms with E-state index in [1.54, 1.807) is 24.3 Å². The number of aromatic amines is 2. The first-order valence-electron chi connectivity index (χ1n) is 6.80. The predicted molar refractivity (Wildman–Crippen MR) is 89.4 cm³/mol. The summed E-state index contributed by atoms with van der Waals surface area (Å²) in [5, 5.41) is 0.448. The highest BCUT2D eigenvalue weighted by Crippen LogP contribution is 2.40. The number of H-pyrrole nitrogens is 2. The van der Waals surface area contributed by atoms with Crippen LogP contribution < -0.4 is 16.0 Å². The number of aromatic nitrogens is 2. The molecule has 3 rings (SSSR count). The van der Waals surface area contributed by atoms with E-state index in [-0.39, 0.29) is 27.7 Å². The number of esters is 1. The fourth-order valence-corrected chi connectivity index (χ4v) is 3.00. The molecule has 1 aromatic heterocycles. The van der Waals surface area contributed by atoms with Gasteiger partial charge in [0.2, 0.25) is 11.8 Å². The van der Waals surface area contributed by atoms with Crippen LogP contribution in [0.3, 0.4) is 0 Å². The molecule has 1 aliphatic rings. The van der Waals surface area contributed by atoms with Crippen LogP contribution in [0.25, 0.3) is 0 Å². The lowest BCUT2D eigenvalue weighted by molar-refractivity contribution is -0.136. The van der Waals surface area contributed by atoms with E-state index < -0.39 is 17.4 Å². The zero-order valence-electron chi connectivity index (χ0n) is 12.4. The summed E-state index contributed by atoms with van der Waals surface area (Å²) in [4.78, 5) is 29.9. The van der Waals surface area contributed by atoms with Crippen LogP contribution in [0.1, 0.15) is 17.0 Å². The molecule has 7 nitrogen and oxygen atoms in total. The highest BCUT2D eigenvalue weighted by molar-refractivity contribution is 7.71. The Hall–Kier alpha value is -2.58. The number of nitrogens with two attached hydrogens (primary N) is 1. The van der Waals surface area contributed by atoms with Crippen molar-refractivity contribution >= 4 is 29.8 Å². The maximum absolute atomic E-state index is 12.4. The fraction of sp³-hybridized carbons (Fsp3) is 0.133. The fourth-order valence-electron chi connectivity index (χ4n) is 2.62. The number of methoxy groups -OCH3 is 1. The van der Waals surface area contributed by atoms with Crippen LogP contribution in [0, 0.1) is 4.77 Å². The van der Waals surface area contributed by atoms with Crippen molar-refractivity contribution < 1.29 is 14.3 Å². The summed E-state index contributed by atoms with van der Waals surface area (Å²) in [7, 11) is 1.22. The lowest BCUT2D eigenvalue weighted by atomic mass is 9.84. The number of fused-ring (bicyclic) bond motifs is 1. The predicted octanol–water partition coefficient (Wildman–Crippen LogP) is 1.95. The van der Waals surface area contributed by atoms with Gasteiger partial charge < -0.3 is 20.2 Å². The number of hydrogen-bond donors (Lipinski definition) is 3. The number of rotatable bonds is 2. The summed E-state index contributed by atoms with van der Waals surface area (Å²) < 4.78 is 10.3. The molecule has 0 fully saturated rings. The van der Waals surface area contributed by atoms with Gasteiger partial charge in [0.1, 0.15) is 5.57 Å². The Labute approximate surface area is 146 Å². The number of ether oxygens (including phenoxy) is 2. The molecule has 1 aromatic carbocycles. The van der Waals surface area contributed by atoms with Crippen LogP contribution in [0.5, 0.6) is 5.88 Å². The Bertz CT molecular complexity index is 979. The summed E-state index contributed by atoms with van der Waals surface area (Å²) in [6, 6.07) is 6.75. The third kappa shape index (κ3) is 2.70. The zero-order valence-corrected chi connectivity index (χ0v) is 14.0. The third-order valence-corrected chi connectivity index (χ3v) is 4.02. The smallest absolute Gasteiger partial charge is 0.340 e. The van der Waals surface area contributed by atoms with E-state index in [4.69, 9.17) is 39.0 Å². The molecule has 4 N–H and O–H groups in total. The minimum Gasteiger partial charge on any atom is -0.465 e. The van der Waals surface area contributed by atoms with E-state index in [0.29, 0.717) is 10.6 Å². The second-order valence-corrected chi connectivity index (χ2v) is 5.86. The van der Waals surface area contributed by atoms with Gasteiger partial charge in [0.15, 0.2) is 4.77 Å². The van der Waals surface area contributed by atoms with Crippen LogP contribution in [-0.4, -0.2) is 23.0 Å². The van der Waals surface area contributed by atoms with E-state index in [0.717, 1.165) is 0 Å². The third-order valence-electron chi connectivity index (χ3n) is 3.59. The van der Waals surface area contributed by atoms with Crippen molar-refractivity contribution in [1.29, 1.82) is 0 Å². The maximum Gasteiger partial charge on any atom is 0.340 e. The number of halogens is 1. The first kappa shape index (κ1) is 16.3. The Morgan fingerprint density at radius 3 is 2.83 bits per heavy atom. The van der Waals surface area contributed by atoms with Crippen LogP contribution in [-0.2, 0) is 9.53 Å². The summed E-state index contributed by atoms with van der Waals surface area (Å²) in [6.45, 7) is 0. The average molecular weight is 366 g/mol. The highest BCUT2D eigenvalue weighted by atomic mass is 35.5. The van der Waals surface area contributed by atoms with Crippen LogP contribution in [0.2, 0.25) is 5.02 Å². The van der Waals surface area contributed by atoms with E-state index in [1.165, 1.54) is 7.11 Å². The molecule has 1 aliphatic heterocycles. The molecule has 9 heteroatoms. The molecular weight excluding hydrogens is 354 g/mol. The molecule has 0 saturated carbocycles. The average Bonchev–Trinajstić information content (AvgIpc) is 2.52. The molecule has 2 heterocycles. The molecule has 24 heavy (non-hydrogen) atoms. The molecule has 0 amide bonds. The lowest BCUT2D eigenvalue weighted by Crippen LogP contribution is -2.32. The van der Waals surface area contributed by atoms with E-state index in [1.807, 2.05) is 0 Å². The zero-order chi connectivity index (χ0) is 17.4. The molecule has 124 valence electrons. The molecule has 0 aliphatic carbocycles. The Morgan fingerprint density at radius 1 is 1.42 bits per heavy atom. The highest BCUT2D eigenvalue weighted by Gasteiger charge is 2.37. The van der Waals surface area contributed by atoms with Gasteiger partial charge in [-0.25, -0.2) is 4.79 Å². The van der Waals surface area contributed by atoms with Gasteiger partial charge in [-0.05, 0) is 29.9 Å². The van der Waals surface area contributed by atoms with Gasteiger partial charge >= 0.3 is 5.97 Å². The van der Waals surface area contributed by atoms with Crippen molar-refractivity contribution in [3.63, 3.8) is 0 Å². The topological polar surface area (TPSA) is 110 Å². The quantitative estimate of drug-likeness (QED) is 0.554. The second kappa shape index (κ2) is 6.14. The van der Waals surface area contributed by atoms with Gasteiger partial charge in [-0.2, -0.15) is 0 Å². The Kier molecular flexibility index (Phi) is 4.16. The van der Waals surface area contributed by atoms with Gasteiger partial charge in [-0.3, -0.25) is 9.78 Å². The van der Waals surface area contributed by atoms with Crippen LogP contribution >= 0.6 is 23.8 Å². The minimum atomic E-state index is -0.810. The maximum atomic E-state index is 12.4. The minimum absolute atomic E-state index is 0.0169. The van der Waals surface area contributed by atoms with Gasteiger partial charge in [-0.15, -0.1) is 0 Å². The molecule has 1 atom stereocenters. The van der Waals surface area contributed by atoms with Crippen molar-refractivity contribution in [1.82, 2.24) is 9.97 Å². The molecule has 0 radical (unpaired) electrons. The Morgan fingerprint density at radius 2 is 2.17 bits per heavy atom. The number of hydrogen-bond acceptors (Lipinski definition) is 6. The standard InChI is InChI=1S/C15H12ClN3O4S/c1-22-14(21)9-8(6-3-2-4-7(16)5-6)10-12(20)18-15(24)19-13(10)23-11(9)17/h2-5,8H,17H2,1H3,(H2,18,19,20,24). The molecular formula is C15H12ClN3O4S. The van der Waals surface area contributed by atoms with Crippen molar-refractivity contribution in [2.75, 3.05) is 7.11 Å². The molecule has 0 saturated heterocycles. The summed E-state index contributed by atoms with van der Waals surface area (Å²) >= 11 is 11.0. The summed E-state index contributed by atoms with van der Waals surface area (Å²) in [5.41, 5.74) is 6.17. The van der Waals surface area contributed by atoms with Crippen LogP contribution in [0.15, 0.2) is 40.5 Å². The number of nitrogens with one attached hydrogen (secondary N) is 2. The number of carbonyl (C=O) groups excluding carboxylic acids is 1. The first-order chi connectivity index (χ1) is 11.4. The molecule has 0 spiro atoms. The largest absolute Gasteiger partial charge is 0.465 e. The number of carbonyl (C=O) groups is 1. The van der Waals surface area contributed by atoms with Crippen molar-refractivity contribution in [3.8, 4) is 5.88 Å². The summed E-state index contributed by atoms with van der Waals surface area (Å²) in [5.74, 6) is -1.60. The van der Waals surface area contributed by atoms with Gasteiger partial charge in [0, 0.05) is 5.02 Å². The molecule has 2 aromatic rings.